The second-order valence-electron chi connectivity index (χ2n) is 6.91. The molecule has 2 rings (SSSR count). The Kier molecular flexibility index (Phi) is 9.10. The molecular formula is C18H16ClF3N2O12. The lowest BCUT2D eigenvalue weighted by molar-refractivity contribution is -0.768. The second kappa shape index (κ2) is 11.6. The van der Waals surface area contributed by atoms with Gasteiger partial charge >= 0.3 is 18.3 Å². The molecule has 1 aromatic rings. The maximum atomic E-state index is 13.6. The van der Waals surface area contributed by atoms with Crippen LogP contribution in [0.3, 0.4) is 0 Å². The van der Waals surface area contributed by atoms with Gasteiger partial charge in [0.05, 0.1) is 5.57 Å². The number of esters is 1. The van der Waals surface area contributed by atoms with Crippen LogP contribution in [0.2, 0.25) is 5.02 Å². The smallest absolute Gasteiger partial charge is 0.475 e. The summed E-state index contributed by atoms with van der Waals surface area (Å²) in [6.07, 6.45) is -10.2. The molecule has 0 saturated carbocycles. The molecule has 198 valence electrons. The third-order valence-electron chi connectivity index (χ3n) is 4.41. The Balaban J connectivity index is 2.08. The lowest BCUT2D eigenvalue weighted by Gasteiger charge is -2.29. The van der Waals surface area contributed by atoms with Crippen LogP contribution in [0.5, 0.6) is 5.75 Å². The Morgan fingerprint density at radius 1 is 1.14 bits per heavy atom. The molecule has 1 unspecified atom stereocenters. The lowest BCUT2D eigenvalue weighted by atomic mass is 9.96. The van der Waals surface area contributed by atoms with Crippen molar-refractivity contribution in [3.8, 4) is 5.75 Å². The number of aryl methyl sites for hydroxylation is 1. The van der Waals surface area contributed by atoms with Crippen molar-refractivity contribution >= 4 is 29.8 Å². The number of hydrogen-bond acceptors (Lipinski definition) is 12. The van der Waals surface area contributed by atoms with Crippen molar-refractivity contribution in [2.45, 2.75) is 32.2 Å². The van der Waals surface area contributed by atoms with E-state index in [1.54, 1.807) is 6.92 Å². The molecule has 1 heterocycles. The number of rotatable bonds is 10. The van der Waals surface area contributed by atoms with Crippen molar-refractivity contribution in [1.82, 2.24) is 0 Å². The first-order valence-electron chi connectivity index (χ1n) is 9.50. The van der Waals surface area contributed by atoms with Gasteiger partial charge in [-0.25, -0.2) is 9.59 Å². The van der Waals surface area contributed by atoms with Crippen LogP contribution in [-0.2, 0) is 28.7 Å². The molecule has 0 radical (unpaired) electrons. The lowest BCUT2D eigenvalue weighted by Crippen LogP contribution is -2.41. The summed E-state index contributed by atoms with van der Waals surface area (Å²) < 4.78 is 59.1. The molecule has 1 aliphatic heterocycles. The Morgan fingerprint density at radius 3 is 2.25 bits per heavy atom. The van der Waals surface area contributed by atoms with Gasteiger partial charge in [0, 0.05) is 10.6 Å². The van der Waals surface area contributed by atoms with Crippen molar-refractivity contribution in [3.05, 3.63) is 53.6 Å². The molecule has 0 spiro atoms. The fourth-order valence-corrected chi connectivity index (χ4v) is 2.99. The van der Waals surface area contributed by atoms with E-state index in [2.05, 4.69) is 23.9 Å². The summed E-state index contributed by atoms with van der Waals surface area (Å²) in [5.41, 5.74) is -0.0625. The number of carbonyl (C=O) groups is 2. The molecule has 18 heteroatoms. The van der Waals surface area contributed by atoms with Crippen molar-refractivity contribution in [1.29, 1.82) is 0 Å². The first-order chi connectivity index (χ1) is 16.7. The molecule has 14 nitrogen and oxygen atoms in total. The van der Waals surface area contributed by atoms with Crippen LogP contribution >= 0.6 is 11.6 Å². The highest BCUT2D eigenvalue weighted by molar-refractivity contribution is 6.32. The number of ether oxygens (including phenoxy) is 4. The van der Waals surface area contributed by atoms with Crippen LogP contribution in [0.25, 0.3) is 6.08 Å². The van der Waals surface area contributed by atoms with Gasteiger partial charge in [0.2, 0.25) is 12.9 Å². The Hall–Kier alpha value is -4.02. The SMILES string of the molecule is Cc1cc2c(c(C)c1Cl)C=C(C(=O)OCOC(=O)OC(CO[N+](=O)[O-])CO[N+](=O)[O-])C(C(F)(F)F)O2. The maximum absolute atomic E-state index is 13.6. The summed E-state index contributed by atoms with van der Waals surface area (Å²) in [4.78, 5) is 52.3. The van der Waals surface area contributed by atoms with E-state index >= 15 is 0 Å². The highest BCUT2D eigenvalue weighted by Gasteiger charge is 2.49. The first kappa shape index (κ1) is 28.2. The molecule has 0 aliphatic carbocycles. The Morgan fingerprint density at radius 2 is 1.72 bits per heavy atom. The predicted octanol–water partition coefficient (Wildman–Crippen LogP) is 3.10. The fraction of sp³-hybridized carbons (Fsp3) is 0.444. The predicted molar refractivity (Wildman–Crippen MR) is 108 cm³/mol. The Bertz CT molecular complexity index is 1060. The molecule has 0 amide bonds. The van der Waals surface area contributed by atoms with Gasteiger partial charge in [-0.05, 0) is 37.1 Å². The number of fused-ring (bicyclic) bond motifs is 1. The van der Waals surface area contributed by atoms with Gasteiger partial charge in [-0.1, -0.05) is 11.6 Å². The number of alkyl halides is 3. The zero-order valence-corrected chi connectivity index (χ0v) is 19.0. The highest BCUT2D eigenvalue weighted by atomic mass is 35.5. The third-order valence-corrected chi connectivity index (χ3v) is 5.00. The molecule has 1 aromatic carbocycles. The van der Waals surface area contributed by atoms with Crippen LogP contribution < -0.4 is 4.74 Å². The zero-order valence-electron chi connectivity index (χ0n) is 18.2. The quantitative estimate of drug-likeness (QED) is 0.182. The van der Waals surface area contributed by atoms with Crippen molar-refractivity contribution in [2.75, 3.05) is 20.0 Å². The van der Waals surface area contributed by atoms with Crippen LogP contribution in [0.1, 0.15) is 16.7 Å². The average Bonchev–Trinajstić information content (AvgIpc) is 2.77. The molecule has 0 N–H and O–H groups in total. The van der Waals surface area contributed by atoms with Crippen LogP contribution in [0, 0.1) is 34.1 Å². The molecular weight excluding hydrogens is 529 g/mol. The van der Waals surface area contributed by atoms with E-state index in [-0.39, 0.29) is 16.3 Å². The second-order valence-corrected chi connectivity index (χ2v) is 7.28. The van der Waals surface area contributed by atoms with E-state index < -0.39 is 66.3 Å². The minimum absolute atomic E-state index is 0.109. The van der Waals surface area contributed by atoms with E-state index in [0.717, 1.165) is 6.08 Å². The molecule has 0 bridgehead atoms. The molecule has 36 heavy (non-hydrogen) atoms. The van der Waals surface area contributed by atoms with E-state index in [1.165, 1.54) is 13.0 Å². The van der Waals surface area contributed by atoms with Gasteiger partial charge in [0.15, 0.2) is 6.10 Å². The van der Waals surface area contributed by atoms with Crippen LogP contribution in [0.4, 0.5) is 18.0 Å². The van der Waals surface area contributed by atoms with E-state index in [4.69, 9.17) is 16.3 Å². The Labute approximate surface area is 203 Å². The fourth-order valence-electron chi connectivity index (χ4n) is 2.83. The maximum Gasteiger partial charge on any atom is 0.511 e. The van der Waals surface area contributed by atoms with Crippen LogP contribution in [0.15, 0.2) is 11.6 Å². The van der Waals surface area contributed by atoms with E-state index in [1.807, 2.05) is 0 Å². The number of hydrogen-bond donors (Lipinski definition) is 0. The standard InChI is InChI=1S/C18H16ClF3N2O12/c1-8-3-13-11(9(2)14(8)19)4-12(15(36-13)18(20,21)22)16(25)31-7-32-17(26)35-10(5-33-23(27)28)6-34-24(29)30/h3-4,10,15H,5-7H2,1-2H3. The highest BCUT2D eigenvalue weighted by Crippen LogP contribution is 2.41. The summed E-state index contributed by atoms with van der Waals surface area (Å²) in [5.74, 6) is -1.72. The minimum Gasteiger partial charge on any atom is -0.475 e. The summed E-state index contributed by atoms with van der Waals surface area (Å²) in [6.45, 7) is -0.143. The third kappa shape index (κ3) is 7.49. The number of nitrogens with zero attached hydrogens (tertiary/aromatic N) is 2. The van der Waals surface area contributed by atoms with Gasteiger partial charge in [0.25, 0.3) is 10.2 Å². The summed E-state index contributed by atoms with van der Waals surface area (Å²) >= 11 is 6.12. The first-order valence-corrected chi connectivity index (χ1v) is 9.88. The summed E-state index contributed by atoms with van der Waals surface area (Å²) in [5, 5.41) is 18.2. The summed E-state index contributed by atoms with van der Waals surface area (Å²) in [7, 11) is 0. The van der Waals surface area contributed by atoms with Crippen LogP contribution in [-0.4, -0.2) is 60.7 Å². The molecule has 0 saturated heterocycles. The number of benzene rings is 1. The van der Waals surface area contributed by atoms with Crippen molar-refractivity contribution < 1.29 is 61.6 Å². The molecule has 0 aromatic heterocycles. The average molecular weight is 545 g/mol. The van der Waals surface area contributed by atoms with Gasteiger partial charge in [0.1, 0.15) is 19.0 Å². The zero-order chi connectivity index (χ0) is 27.2. The van der Waals surface area contributed by atoms with E-state index in [0.29, 0.717) is 11.1 Å². The van der Waals surface area contributed by atoms with E-state index in [9.17, 15) is 43.0 Å². The molecule has 0 fully saturated rings. The molecule has 1 atom stereocenters. The van der Waals surface area contributed by atoms with Gasteiger partial charge in [-0.2, -0.15) is 13.2 Å². The monoisotopic (exact) mass is 544 g/mol. The van der Waals surface area contributed by atoms with Gasteiger partial charge in [-0.3, -0.25) is 0 Å². The largest absolute Gasteiger partial charge is 0.511 e. The normalized spacial score (nSPS) is 14.6. The van der Waals surface area contributed by atoms with Gasteiger partial charge in [-0.15, -0.1) is 20.2 Å². The van der Waals surface area contributed by atoms with Crippen molar-refractivity contribution in [2.24, 2.45) is 0 Å². The number of carbonyl (C=O) groups excluding carboxylic acids is 2. The van der Waals surface area contributed by atoms with Crippen molar-refractivity contribution in [3.63, 3.8) is 0 Å². The number of halogens is 4. The molecule has 1 aliphatic rings. The minimum atomic E-state index is -5.02. The summed E-state index contributed by atoms with van der Waals surface area (Å²) in [6, 6.07) is 1.28. The topological polar surface area (TPSA) is 176 Å². The van der Waals surface area contributed by atoms with Gasteiger partial charge < -0.3 is 28.6 Å².